The summed E-state index contributed by atoms with van der Waals surface area (Å²) in [5.74, 6) is -2.18. The molecule has 1 aliphatic heterocycles. The predicted molar refractivity (Wildman–Crippen MR) is 103 cm³/mol. The van der Waals surface area contributed by atoms with E-state index in [1.807, 2.05) is 0 Å². The highest BCUT2D eigenvalue weighted by Gasteiger charge is 2.50. The van der Waals surface area contributed by atoms with Crippen molar-refractivity contribution in [1.29, 1.82) is 0 Å². The number of methoxy groups -OCH3 is 1. The molecule has 1 saturated heterocycles. The summed E-state index contributed by atoms with van der Waals surface area (Å²) >= 11 is 0. The van der Waals surface area contributed by atoms with Crippen LogP contribution in [-0.4, -0.2) is 42.4 Å². The van der Waals surface area contributed by atoms with Gasteiger partial charge in [0.1, 0.15) is 17.1 Å². The fourth-order valence-corrected chi connectivity index (χ4v) is 2.92. The molecule has 1 aliphatic rings. The van der Waals surface area contributed by atoms with Crippen LogP contribution in [0.1, 0.15) is 22.8 Å². The second-order valence-corrected chi connectivity index (χ2v) is 6.65. The number of benzene rings is 2. The summed E-state index contributed by atoms with van der Waals surface area (Å²) in [6.07, 6.45) is 0. The van der Waals surface area contributed by atoms with Crippen LogP contribution in [-0.2, 0) is 15.1 Å². The highest BCUT2D eigenvalue weighted by molar-refractivity contribution is 6.08. The summed E-state index contributed by atoms with van der Waals surface area (Å²) in [5.41, 5.74) is 1.31. The van der Waals surface area contributed by atoms with Crippen LogP contribution in [0.5, 0.6) is 5.75 Å². The van der Waals surface area contributed by atoms with Crippen molar-refractivity contribution in [2.45, 2.75) is 12.5 Å². The number of hydrazine groups is 1. The molecular weight excluding hydrogens is 395 g/mol. The molecule has 3 N–H and O–H groups in total. The second kappa shape index (κ2) is 8.19. The van der Waals surface area contributed by atoms with Gasteiger partial charge in [-0.15, -0.1) is 0 Å². The Morgan fingerprint density at radius 1 is 1.17 bits per heavy atom. The van der Waals surface area contributed by atoms with Gasteiger partial charge in [0, 0.05) is 5.56 Å². The van der Waals surface area contributed by atoms with E-state index in [1.54, 1.807) is 24.3 Å². The Labute approximate surface area is 171 Å². The van der Waals surface area contributed by atoms with E-state index < -0.39 is 41.7 Å². The summed E-state index contributed by atoms with van der Waals surface area (Å²) in [6.45, 7) is 0.985. The molecule has 1 heterocycles. The molecule has 0 saturated carbocycles. The van der Waals surface area contributed by atoms with Crippen molar-refractivity contribution in [2.24, 2.45) is 0 Å². The Morgan fingerprint density at radius 2 is 1.87 bits per heavy atom. The van der Waals surface area contributed by atoms with Crippen molar-refractivity contribution in [3.05, 3.63) is 65.5 Å². The Balaban J connectivity index is 1.63. The number of rotatable bonds is 6. The summed E-state index contributed by atoms with van der Waals surface area (Å²) < 4.78 is 18.3. The quantitative estimate of drug-likeness (QED) is 0.611. The number of hydrogen-bond acceptors (Lipinski definition) is 5. The van der Waals surface area contributed by atoms with Crippen LogP contribution in [0.4, 0.5) is 9.18 Å². The third-order valence-corrected chi connectivity index (χ3v) is 4.59. The number of nitrogens with one attached hydrogen (secondary N) is 3. The van der Waals surface area contributed by atoms with Gasteiger partial charge in [0.15, 0.2) is 0 Å². The summed E-state index contributed by atoms with van der Waals surface area (Å²) in [4.78, 5) is 49.2. The number of carbonyl (C=O) groups is 4. The molecule has 1 fully saturated rings. The first-order valence-electron chi connectivity index (χ1n) is 8.89. The monoisotopic (exact) mass is 414 g/mol. The smallest absolute Gasteiger partial charge is 0.344 e. The van der Waals surface area contributed by atoms with Crippen molar-refractivity contribution in [1.82, 2.24) is 21.1 Å². The maximum Gasteiger partial charge on any atom is 0.344 e. The lowest BCUT2D eigenvalue weighted by atomic mass is 9.92. The van der Waals surface area contributed by atoms with Gasteiger partial charge in [0.25, 0.3) is 17.7 Å². The number of ether oxygens (including phenoxy) is 1. The predicted octanol–water partition coefficient (Wildman–Crippen LogP) is 1.06. The van der Waals surface area contributed by atoms with E-state index in [9.17, 15) is 23.6 Å². The fourth-order valence-electron chi connectivity index (χ4n) is 2.92. The lowest BCUT2D eigenvalue weighted by Crippen LogP contribution is -2.50. The minimum atomic E-state index is -1.39. The van der Waals surface area contributed by atoms with Crippen LogP contribution >= 0.6 is 0 Å². The molecule has 0 radical (unpaired) electrons. The van der Waals surface area contributed by atoms with E-state index in [0.29, 0.717) is 16.3 Å². The molecule has 1 atom stereocenters. The number of imide groups is 1. The topological polar surface area (TPSA) is 117 Å². The first-order valence-corrected chi connectivity index (χ1v) is 8.89. The van der Waals surface area contributed by atoms with Gasteiger partial charge in [-0.25, -0.2) is 9.18 Å². The van der Waals surface area contributed by atoms with Gasteiger partial charge in [-0.1, -0.05) is 18.2 Å². The molecule has 0 aliphatic carbocycles. The number of nitrogens with zero attached hydrogens (tertiary/aromatic N) is 1. The van der Waals surface area contributed by atoms with E-state index in [2.05, 4.69) is 16.1 Å². The van der Waals surface area contributed by atoms with Crippen LogP contribution in [0.15, 0.2) is 48.5 Å². The van der Waals surface area contributed by atoms with Crippen molar-refractivity contribution in [3.63, 3.8) is 0 Å². The number of carbonyl (C=O) groups excluding carboxylic acids is 4. The Morgan fingerprint density at radius 3 is 2.50 bits per heavy atom. The van der Waals surface area contributed by atoms with Gasteiger partial charge in [0.05, 0.1) is 13.7 Å². The number of hydrogen-bond donors (Lipinski definition) is 3. The number of urea groups is 1. The van der Waals surface area contributed by atoms with E-state index in [4.69, 9.17) is 4.74 Å². The molecule has 0 spiro atoms. The van der Waals surface area contributed by atoms with Gasteiger partial charge in [-0.2, -0.15) is 5.01 Å². The fraction of sp³-hybridized carbons (Fsp3) is 0.200. The van der Waals surface area contributed by atoms with Gasteiger partial charge in [-0.05, 0) is 42.8 Å². The Bertz CT molecular complexity index is 1010. The zero-order valence-electron chi connectivity index (χ0n) is 16.2. The average Bonchev–Trinajstić information content (AvgIpc) is 2.96. The minimum absolute atomic E-state index is 0.0323. The standard InChI is InChI=1S/C20H19FN4O5/c1-20(13-6-8-15(30-2)9-7-13)18(28)25(19(29)23-20)24-16(26)11-22-17(27)12-4-3-5-14(21)10-12/h3-10H,11H2,1-2H3,(H,22,27)(H,23,29)(H,24,26)/t20-/m0/s1. The normalized spacial score (nSPS) is 18.0. The van der Waals surface area contributed by atoms with Crippen LogP contribution in [0, 0.1) is 5.82 Å². The molecule has 2 aromatic carbocycles. The summed E-state index contributed by atoms with van der Waals surface area (Å²) in [6, 6.07) is 10.7. The molecule has 0 aromatic heterocycles. The Hall–Kier alpha value is -3.95. The van der Waals surface area contributed by atoms with Crippen LogP contribution < -0.4 is 20.8 Å². The van der Waals surface area contributed by atoms with E-state index in [0.717, 1.165) is 6.07 Å². The van der Waals surface area contributed by atoms with Gasteiger partial charge < -0.3 is 15.4 Å². The highest BCUT2D eigenvalue weighted by atomic mass is 19.1. The molecule has 0 bridgehead atoms. The zero-order valence-corrected chi connectivity index (χ0v) is 16.2. The molecule has 10 heteroatoms. The molecular formula is C20H19FN4O5. The SMILES string of the molecule is COc1ccc([C@]2(C)NC(=O)N(NC(=O)CNC(=O)c3cccc(F)c3)C2=O)cc1. The van der Waals surface area contributed by atoms with E-state index in [-0.39, 0.29) is 5.56 Å². The number of amides is 5. The molecule has 3 rings (SSSR count). The summed E-state index contributed by atoms with van der Waals surface area (Å²) in [7, 11) is 1.50. The van der Waals surface area contributed by atoms with Crippen molar-refractivity contribution >= 4 is 23.8 Å². The maximum absolute atomic E-state index is 13.2. The largest absolute Gasteiger partial charge is 0.497 e. The van der Waals surface area contributed by atoms with Gasteiger partial charge >= 0.3 is 6.03 Å². The summed E-state index contributed by atoms with van der Waals surface area (Å²) in [5, 5.41) is 5.39. The van der Waals surface area contributed by atoms with Crippen molar-refractivity contribution in [2.75, 3.05) is 13.7 Å². The first-order chi connectivity index (χ1) is 14.2. The molecule has 2 aromatic rings. The van der Waals surface area contributed by atoms with Crippen LogP contribution in [0.25, 0.3) is 0 Å². The third kappa shape index (κ3) is 4.07. The average molecular weight is 414 g/mol. The second-order valence-electron chi connectivity index (χ2n) is 6.65. The minimum Gasteiger partial charge on any atom is -0.497 e. The lowest BCUT2D eigenvalue weighted by Gasteiger charge is -2.22. The molecule has 0 unspecified atom stereocenters. The van der Waals surface area contributed by atoms with Crippen molar-refractivity contribution < 1.29 is 28.3 Å². The van der Waals surface area contributed by atoms with Gasteiger partial charge in [-0.3, -0.25) is 19.8 Å². The lowest BCUT2D eigenvalue weighted by molar-refractivity contribution is -0.138. The first kappa shape index (κ1) is 20.8. The highest BCUT2D eigenvalue weighted by Crippen LogP contribution is 2.29. The van der Waals surface area contributed by atoms with E-state index in [1.165, 1.54) is 32.2 Å². The van der Waals surface area contributed by atoms with Crippen LogP contribution in [0.3, 0.4) is 0 Å². The molecule has 5 amide bonds. The van der Waals surface area contributed by atoms with Crippen molar-refractivity contribution in [3.8, 4) is 5.75 Å². The van der Waals surface area contributed by atoms with Gasteiger partial charge in [0.2, 0.25) is 0 Å². The van der Waals surface area contributed by atoms with Crippen LogP contribution in [0.2, 0.25) is 0 Å². The maximum atomic E-state index is 13.2. The third-order valence-electron chi connectivity index (χ3n) is 4.59. The number of halogens is 1. The zero-order chi connectivity index (χ0) is 21.9. The van der Waals surface area contributed by atoms with E-state index >= 15 is 0 Å². The molecule has 156 valence electrons. The molecule has 30 heavy (non-hydrogen) atoms. The molecule has 9 nitrogen and oxygen atoms in total. The Kier molecular flexibility index (Phi) is 5.67.